The van der Waals surface area contributed by atoms with E-state index < -0.39 is 4.92 Å². The fourth-order valence-electron chi connectivity index (χ4n) is 1.55. The highest BCUT2D eigenvalue weighted by Gasteiger charge is 2.10. The van der Waals surface area contributed by atoms with E-state index in [1.807, 2.05) is 7.05 Å². The summed E-state index contributed by atoms with van der Waals surface area (Å²) in [6.45, 7) is 2.69. The molecule has 0 aliphatic rings. The number of hydrogen-bond donors (Lipinski definition) is 0. The molecule has 5 heteroatoms. The molecule has 0 amide bonds. The number of non-ortho nitro benzene ring substituents is 1. The topological polar surface area (TPSA) is 46.4 Å². The van der Waals surface area contributed by atoms with Crippen LogP contribution >= 0.6 is 12.4 Å². The number of halogens is 1. The Labute approximate surface area is 114 Å². The first-order valence-electron chi connectivity index (χ1n) is 5.41. The average molecular weight is 269 g/mol. The van der Waals surface area contributed by atoms with E-state index in [0.717, 1.165) is 12.0 Å². The predicted molar refractivity (Wildman–Crippen MR) is 75.0 cm³/mol. The van der Waals surface area contributed by atoms with Gasteiger partial charge in [0.25, 0.3) is 5.69 Å². The van der Waals surface area contributed by atoms with Gasteiger partial charge in [0.1, 0.15) is 0 Å². The molecule has 0 aliphatic heterocycles. The molecule has 1 rings (SSSR count). The van der Waals surface area contributed by atoms with Gasteiger partial charge in [-0.25, -0.2) is 0 Å². The molecule has 1 unspecified atom stereocenters. The lowest BCUT2D eigenvalue weighted by molar-refractivity contribution is -0.384. The maximum Gasteiger partial charge on any atom is 0.269 e. The molecule has 0 bridgehead atoms. The van der Waals surface area contributed by atoms with Gasteiger partial charge in [0, 0.05) is 18.2 Å². The van der Waals surface area contributed by atoms with Crippen LogP contribution in [-0.4, -0.2) is 29.5 Å². The fourth-order valence-corrected chi connectivity index (χ4v) is 1.55. The van der Waals surface area contributed by atoms with Crippen LogP contribution in [0.5, 0.6) is 0 Å². The van der Waals surface area contributed by atoms with Crippen molar-refractivity contribution < 1.29 is 4.92 Å². The van der Waals surface area contributed by atoms with E-state index in [2.05, 4.69) is 17.7 Å². The van der Waals surface area contributed by atoms with Crippen LogP contribution in [0.3, 0.4) is 0 Å². The molecular formula is C13H17ClN2O2. The van der Waals surface area contributed by atoms with Crippen molar-refractivity contribution in [3.05, 3.63) is 39.9 Å². The minimum Gasteiger partial charge on any atom is -0.292 e. The molecule has 0 radical (unpaired) electrons. The summed E-state index contributed by atoms with van der Waals surface area (Å²) in [5.74, 6) is 2.59. The highest BCUT2D eigenvalue weighted by atomic mass is 35.5. The Morgan fingerprint density at radius 2 is 2.00 bits per heavy atom. The molecule has 0 fully saturated rings. The second-order valence-electron chi connectivity index (χ2n) is 4.10. The Bertz CT molecular complexity index is 426. The Balaban J connectivity index is 0.00000289. The van der Waals surface area contributed by atoms with Crippen molar-refractivity contribution in [2.45, 2.75) is 19.4 Å². The van der Waals surface area contributed by atoms with Crippen LogP contribution < -0.4 is 0 Å². The first-order chi connectivity index (χ1) is 8.04. The summed E-state index contributed by atoms with van der Waals surface area (Å²) in [6, 6.07) is 6.95. The van der Waals surface area contributed by atoms with Crippen molar-refractivity contribution in [2.75, 3.05) is 13.6 Å². The summed E-state index contributed by atoms with van der Waals surface area (Å²) in [5.41, 5.74) is 1.20. The third-order valence-corrected chi connectivity index (χ3v) is 2.77. The second-order valence-corrected chi connectivity index (χ2v) is 4.10. The monoisotopic (exact) mass is 268 g/mol. The first-order valence-corrected chi connectivity index (χ1v) is 5.41. The summed E-state index contributed by atoms with van der Waals surface area (Å²) in [5, 5.41) is 10.5. The van der Waals surface area contributed by atoms with Crippen LogP contribution in [0, 0.1) is 22.5 Å². The van der Waals surface area contributed by atoms with Gasteiger partial charge in [-0.15, -0.1) is 18.8 Å². The zero-order chi connectivity index (χ0) is 12.8. The van der Waals surface area contributed by atoms with Crippen molar-refractivity contribution in [3.8, 4) is 12.3 Å². The van der Waals surface area contributed by atoms with Gasteiger partial charge in [-0.1, -0.05) is 18.1 Å². The van der Waals surface area contributed by atoms with Crippen LogP contribution in [0.1, 0.15) is 12.5 Å². The average Bonchev–Trinajstić information content (AvgIpc) is 2.30. The summed E-state index contributed by atoms with van der Waals surface area (Å²) in [4.78, 5) is 12.2. The minimum absolute atomic E-state index is 0. The summed E-state index contributed by atoms with van der Waals surface area (Å²) >= 11 is 0. The number of rotatable bonds is 5. The van der Waals surface area contributed by atoms with Crippen LogP contribution in [0.2, 0.25) is 0 Å². The van der Waals surface area contributed by atoms with Crippen LogP contribution in [0.25, 0.3) is 0 Å². The minimum atomic E-state index is -0.391. The van der Waals surface area contributed by atoms with Gasteiger partial charge in [0.15, 0.2) is 0 Å². The molecule has 0 N–H and O–H groups in total. The molecule has 0 aliphatic carbocycles. The number of nitro benzene ring substituents is 1. The normalized spacial score (nSPS) is 11.4. The van der Waals surface area contributed by atoms with Crippen molar-refractivity contribution in [3.63, 3.8) is 0 Å². The van der Waals surface area contributed by atoms with Gasteiger partial charge in [-0.2, -0.15) is 0 Å². The third-order valence-electron chi connectivity index (χ3n) is 2.77. The van der Waals surface area contributed by atoms with E-state index in [1.165, 1.54) is 12.1 Å². The molecule has 0 aromatic heterocycles. The Morgan fingerprint density at radius 3 is 2.44 bits per heavy atom. The number of nitrogens with zero attached hydrogens (tertiary/aromatic N) is 2. The van der Waals surface area contributed by atoms with Gasteiger partial charge in [-0.05, 0) is 26.0 Å². The lowest BCUT2D eigenvalue weighted by Gasteiger charge is -2.22. The summed E-state index contributed by atoms with van der Waals surface area (Å²) < 4.78 is 0. The molecule has 1 atom stereocenters. The van der Waals surface area contributed by atoms with Gasteiger partial charge in [0.05, 0.1) is 11.5 Å². The highest BCUT2D eigenvalue weighted by Crippen LogP contribution is 2.14. The SMILES string of the molecule is C#CCN(C)C(C)Cc1ccc([N+](=O)[O-])cc1.Cl. The number of nitro groups is 1. The van der Waals surface area contributed by atoms with Gasteiger partial charge >= 0.3 is 0 Å². The van der Waals surface area contributed by atoms with E-state index in [9.17, 15) is 10.1 Å². The Morgan fingerprint density at radius 1 is 1.44 bits per heavy atom. The van der Waals surface area contributed by atoms with Gasteiger partial charge < -0.3 is 0 Å². The van der Waals surface area contributed by atoms with Crippen LogP contribution in [0.15, 0.2) is 24.3 Å². The van der Waals surface area contributed by atoms with Crippen molar-refractivity contribution >= 4 is 18.1 Å². The molecule has 0 saturated heterocycles. The standard InChI is InChI=1S/C13H16N2O2.ClH/c1-4-9-14(3)11(2)10-12-5-7-13(8-6-12)15(16)17;/h1,5-8,11H,9-10H2,2-3H3;1H. The lowest BCUT2D eigenvalue weighted by atomic mass is 10.1. The van der Waals surface area contributed by atoms with E-state index in [-0.39, 0.29) is 18.1 Å². The number of terminal acetylenes is 1. The molecule has 4 nitrogen and oxygen atoms in total. The molecule has 0 saturated carbocycles. The van der Waals surface area contributed by atoms with Gasteiger partial charge in [-0.3, -0.25) is 15.0 Å². The van der Waals surface area contributed by atoms with E-state index in [4.69, 9.17) is 6.42 Å². The van der Waals surface area contributed by atoms with E-state index >= 15 is 0 Å². The Kier molecular flexibility index (Phi) is 7.03. The van der Waals surface area contributed by atoms with Crippen molar-refractivity contribution in [1.82, 2.24) is 4.90 Å². The number of hydrogen-bond acceptors (Lipinski definition) is 3. The predicted octanol–water partition coefficient (Wildman–Crippen LogP) is 2.51. The highest BCUT2D eigenvalue weighted by molar-refractivity contribution is 5.85. The second kappa shape index (κ2) is 7.70. The molecule has 1 aromatic rings. The van der Waals surface area contributed by atoms with Crippen molar-refractivity contribution in [1.29, 1.82) is 0 Å². The number of likely N-dealkylation sites (N-methyl/N-ethyl adjacent to an activating group) is 1. The maximum atomic E-state index is 10.5. The molecule has 98 valence electrons. The zero-order valence-electron chi connectivity index (χ0n) is 10.5. The van der Waals surface area contributed by atoms with E-state index in [1.54, 1.807) is 12.1 Å². The molecule has 0 spiro atoms. The maximum absolute atomic E-state index is 10.5. The molecule has 18 heavy (non-hydrogen) atoms. The molecule has 0 heterocycles. The molecular weight excluding hydrogens is 252 g/mol. The largest absolute Gasteiger partial charge is 0.292 e. The first kappa shape index (κ1) is 16.4. The van der Waals surface area contributed by atoms with Crippen LogP contribution in [0.4, 0.5) is 5.69 Å². The van der Waals surface area contributed by atoms with Gasteiger partial charge in [0.2, 0.25) is 0 Å². The fraction of sp³-hybridized carbons (Fsp3) is 0.385. The third kappa shape index (κ3) is 4.74. The molecule has 1 aromatic carbocycles. The van der Waals surface area contributed by atoms with Crippen LogP contribution in [-0.2, 0) is 6.42 Å². The summed E-state index contributed by atoms with van der Waals surface area (Å²) in [7, 11) is 1.97. The zero-order valence-corrected chi connectivity index (χ0v) is 11.3. The smallest absolute Gasteiger partial charge is 0.269 e. The quantitative estimate of drug-likeness (QED) is 0.468. The van der Waals surface area contributed by atoms with Crippen molar-refractivity contribution in [2.24, 2.45) is 0 Å². The number of benzene rings is 1. The Hall–Kier alpha value is -1.57. The lowest BCUT2D eigenvalue weighted by Crippen LogP contribution is -2.31. The van der Waals surface area contributed by atoms with E-state index in [0.29, 0.717) is 12.6 Å². The summed E-state index contributed by atoms with van der Waals surface area (Å²) in [6.07, 6.45) is 6.08.